The van der Waals surface area contributed by atoms with Gasteiger partial charge in [-0.1, -0.05) is 0 Å². The number of ether oxygens (including phenoxy) is 1. The number of hydrogen-bond acceptors (Lipinski definition) is 2. The van der Waals surface area contributed by atoms with Crippen LogP contribution in [0.5, 0.6) is 0 Å². The average molecular weight is 149 g/mol. The first-order chi connectivity index (χ1) is 4.36. The number of rotatable bonds is 2. The smallest absolute Gasteiger partial charge is 0.148 e. The van der Waals surface area contributed by atoms with Gasteiger partial charge in [0.15, 0.2) is 0 Å². The molecule has 0 radical (unpaired) electrons. The maximum absolute atomic E-state index is 10.1. The van der Waals surface area contributed by atoms with Crippen LogP contribution in [-0.2, 0) is 9.53 Å². The molecule has 0 aromatic heterocycles. The van der Waals surface area contributed by atoms with E-state index in [1.807, 2.05) is 0 Å². The van der Waals surface area contributed by atoms with Gasteiger partial charge in [0.2, 0.25) is 0 Å². The summed E-state index contributed by atoms with van der Waals surface area (Å²) >= 11 is 5.49. The van der Waals surface area contributed by atoms with Crippen molar-refractivity contribution in [2.45, 2.75) is 25.0 Å². The molecule has 0 spiro atoms. The van der Waals surface area contributed by atoms with Gasteiger partial charge in [-0.05, 0) is 12.8 Å². The molecule has 3 heteroatoms. The molecule has 0 saturated carbocycles. The van der Waals surface area contributed by atoms with E-state index >= 15 is 0 Å². The Bertz CT molecular complexity index is 105. The number of carbonyl (C=O) groups is 1. The molecule has 1 aliphatic rings. The Labute approximate surface area is 59.1 Å². The van der Waals surface area contributed by atoms with E-state index in [0.717, 1.165) is 19.1 Å². The Morgan fingerprint density at radius 1 is 1.67 bits per heavy atom. The summed E-state index contributed by atoms with van der Waals surface area (Å²) in [6.45, 7) is 0. The second-order valence-corrected chi connectivity index (χ2v) is 2.47. The second-order valence-electron chi connectivity index (χ2n) is 2.16. The fourth-order valence-electron chi connectivity index (χ4n) is 0.947. The average Bonchev–Trinajstić information content (AvgIpc) is 2.34. The van der Waals surface area contributed by atoms with E-state index in [0.29, 0.717) is 5.88 Å². The SMILES string of the molecule is O=CC1CCC(CCl)O1. The molecule has 52 valence electrons. The van der Waals surface area contributed by atoms with Crippen LogP contribution in [-0.4, -0.2) is 24.4 Å². The molecular weight excluding hydrogens is 140 g/mol. The normalized spacial score (nSPS) is 34.8. The molecule has 1 heterocycles. The van der Waals surface area contributed by atoms with Gasteiger partial charge < -0.3 is 9.53 Å². The minimum Gasteiger partial charge on any atom is -0.366 e. The summed E-state index contributed by atoms with van der Waals surface area (Å²) in [4.78, 5) is 10.1. The molecular formula is C6H9ClO2. The Morgan fingerprint density at radius 3 is 2.78 bits per heavy atom. The van der Waals surface area contributed by atoms with Crippen LogP contribution in [0.4, 0.5) is 0 Å². The third kappa shape index (κ3) is 1.66. The predicted octanol–water partition coefficient (Wildman–Crippen LogP) is 0.972. The minimum absolute atomic E-state index is 0.113. The van der Waals surface area contributed by atoms with E-state index < -0.39 is 0 Å². The lowest BCUT2D eigenvalue weighted by Gasteiger charge is -2.03. The standard InChI is InChI=1S/C6H9ClO2/c7-3-5-1-2-6(4-8)9-5/h4-6H,1-3H2. The van der Waals surface area contributed by atoms with Crippen molar-refractivity contribution in [2.24, 2.45) is 0 Å². The lowest BCUT2D eigenvalue weighted by molar-refractivity contribution is -0.116. The molecule has 0 bridgehead atoms. The zero-order valence-corrected chi connectivity index (χ0v) is 5.80. The third-order valence-corrected chi connectivity index (χ3v) is 1.81. The molecule has 0 amide bonds. The summed E-state index contributed by atoms with van der Waals surface area (Å²) in [5.41, 5.74) is 0. The van der Waals surface area contributed by atoms with Crippen molar-refractivity contribution < 1.29 is 9.53 Å². The van der Waals surface area contributed by atoms with E-state index in [9.17, 15) is 4.79 Å². The minimum atomic E-state index is -0.186. The number of halogens is 1. The van der Waals surface area contributed by atoms with Gasteiger partial charge >= 0.3 is 0 Å². The van der Waals surface area contributed by atoms with Crippen LogP contribution in [0.1, 0.15) is 12.8 Å². The van der Waals surface area contributed by atoms with Gasteiger partial charge in [-0.2, -0.15) is 0 Å². The van der Waals surface area contributed by atoms with Crippen LogP contribution >= 0.6 is 11.6 Å². The van der Waals surface area contributed by atoms with Crippen molar-refractivity contribution in [3.8, 4) is 0 Å². The molecule has 2 unspecified atom stereocenters. The summed E-state index contributed by atoms with van der Waals surface area (Å²) in [7, 11) is 0. The zero-order chi connectivity index (χ0) is 6.69. The Balaban J connectivity index is 2.28. The maximum Gasteiger partial charge on any atom is 0.148 e. The Kier molecular flexibility index (Phi) is 2.49. The highest BCUT2D eigenvalue weighted by molar-refractivity contribution is 6.18. The fraction of sp³-hybridized carbons (Fsp3) is 0.833. The van der Waals surface area contributed by atoms with E-state index in [-0.39, 0.29) is 12.2 Å². The maximum atomic E-state index is 10.1. The topological polar surface area (TPSA) is 26.3 Å². The van der Waals surface area contributed by atoms with Crippen molar-refractivity contribution >= 4 is 17.9 Å². The molecule has 1 aliphatic heterocycles. The summed E-state index contributed by atoms with van der Waals surface area (Å²) in [5, 5.41) is 0. The summed E-state index contributed by atoms with van der Waals surface area (Å²) in [6, 6.07) is 0. The van der Waals surface area contributed by atoms with Crippen molar-refractivity contribution in [1.29, 1.82) is 0 Å². The van der Waals surface area contributed by atoms with Crippen molar-refractivity contribution in [3.63, 3.8) is 0 Å². The highest BCUT2D eigenvalue weighted by Gasteiger charge is 2.23. The Hall–Kier alpha value is -0.0800. The third-order valence-electron chi connectivity index (χ3n) is 1.46. The van der Waals surface area contributed by atoms with E-state index in [1.54, 1.807) is 0 Å². The van der Waals surface area contributed by atoms with Crippen molar-refractivity contribution in [3.05, 3.63) is 0 Å². The van der Waals surface area contributed by atoms with E-state index in [2.05, 4.69) is 0 Å². The van der Waals surface area contributed by atoms with Gasteiger partial charge in [-0.25, -0.2) is 0 Å². The molecule has 0 aromatic rings. The molecule has 9 heavy (non-hydrogen) atoms. The van der Waals surface area contributed by atoms with Gasteiger partial charge in [0.25, 0.3) is 0 Å². The molecule has 1 fully saturated rings. The monoisotopic (exact) mass is 148 g/mol. The molecule has 0 aromatic carbocycles. The summed E-state index contributed by atoms with van der Waals surface area (Å²) in [5.74, 6) is 0.504. The van der Waals surface area contributed by atoms with Gasteiger partial charge in [0.1, 0.15) is 12.4 Å². The first-order valence-electron chi connectivity index (χ1n) is 3.03. The van der Waals surface area contributed by atoms with Crippen LogP contribution in [0, 0.1) is 0 Å². The number of aldehydes is 1. The van der Waals surface area contributed by atoms with Gasteiger partial charge in [-0.3, -0.25) is 0 Å². The molecule has 0 N–H and O–H groups in total. The Morgan fingerprint density at radius 2 is 2.44 bits per heavy atom. The van der Waals surface area contributed by atoms with Crippen LogP contribution < -0.4 is 0 Å². The summed E-state index contributed by atoms with van der Waals surface area (Å²) in [6.07, 6.45) is 2.52. The number of carbonyl (C=O) groups excluding carboxylic acids is 1. The second kappa shape index (κ2) is 3.18. The van der Waals surface area contributed by atoms with Crippen LogP contribution in [0.2, 0.25) is 0 Å². The van der Waals surface area contributed by atoms with Crippen molar-refractivity contribution in [2.75, 3.05) is 5.88 Å². The van der Waals surface area contributed by atoms with E-state index in [4.69, 9.17) is 16.3 Å². The van der Waals surface area contributed by atoms with Crippen LogP contribution in [0.3, 0.4) is 0 Å². The molecule has 2 nitrogen and oxygen atoms in total. The highest BCUT2D eigenvalue weighted by Crippen LogP contribution is 2.18. The lowest BCUT2D eigenvalue weighted by Crippen LogP contribution is -2.12. The number of alkyl halides is 1. The molecule has 1 saturated heterocycles. The van der Waals surface area contributed by atoms with Gasteiger partial charge in [0, 0.05) is 5.88 Å². The largest absolute Gasteiger partial charge is 0.366 e. The summed E-state index contributed by atoms with van der Waals surface area (Å²) < 4.78 is 5.16. The zero-order valence-electron chi connectivity index (χ0n) is 5.05. The molecule has 0 aliphatic carbocycles. The lowest BCUT2D eigenvalue weighted by atomic mass is 10.2. The highest BCUT2D eigenvalue weighted by atomic mass is 35.5. The van der Waals surface area contributed by atoms with Crippen molar-refractivity contribution in [1.82, 2.24) is 0 Å². The van der Waals surface area contributed by atoms with Crippen LogP contribution in [0.15, 0.2) is 0 Å². The van der Waals surface area contributed by atoms with Gasteiger partial charge in [-0.15, -0.1) is 11.6 Å². The van der Waals surface area contributed by atoms with Crippen LogP contribution in [0.25, 0.3) is 0 Å². The molecule has 2 atom stereocenters. The van der Waals surface area contributed by atoms with Gasteiger partial charge in [0.05, 0.1) is 6.10 Å². The predicted molar refractivity (Wildman–Crippen MR) is 34.7 cm³/mol. The molecule has 1 rings (SSSR count). The quantitative estimate of drug-likeness (QED) is 0.431. The number of hydrogen-bond donors (Lipinski definition) is 0. The first-order valence-corrected chi connectivity index (χ1v) is 3.57. The fourth-order valence-corrected chi connectivity index (χ4v) is 1.17. The van der Waals surface area contributed by atoms with E-state index in [1.165, 1.54) is 0 Å². The first kappa shape index (κ1) is 7.03.